The molecule has 0 bridgehead atoms. The van der Waals surface area contributed by atoms with E-state index >= 15 is 0 Å². The first-order valence-electron chi connectivity index (χ1n) is 9.98. The molecule has 0 saturated carbocycles. The van der Waals surface area contributed by atoms with Crippen molar-refractivity contribution in [2.75, 3.05) is 18.5 Å². The highest BCUT2D eigenvalue weighted by atomic mass is 32.2. The maximum absolute atomic E-state index is 7.88. The zero-order valence-electron chi connectivity index (χ0n) is 16.6. The lowest BCUT2D eigenvalue weighted by molar-refractivity contribution is 0.0904. The molecule has 152 valence electrons. The van der Waals surface area contributed by atoms with Crippen LogP contribution in [0, 0.1) is 5.41 Å². The zero-order chi connectivity index (χ0) is 20.5. The summed E-state index contributed by atoms with van der Waals surface area (Å²) in [5, 5.41) is 21.9. The van der Waals surface area contributed by atoms with Crippen LogP contribution >= 0.6 is 11.8 Å². The van der Waals surface area contributed by atoms with E-state index in [9.17, 15) is 0 Å². The molecule has 3 aromatic heterocycles. The zero-order valence-corrected chi connectivity index (χ0v) is 17.4. The lowest BCUT2D eigenvalue weighted by atomic mass is 10.1. The molecule has 4 aromatic rings. The predicted molar refractivity (Wildman–Crippen MR) is 119 cm³/mol. The van der Waals surface area contributed by atoms with E-state index in [0.717, 1.165) is 63.9 Å². The van der Waals surface area contributed by atoms with E-state index < -0.39 is 0 Å². The molecular formula is C22H22N6OS. The first-order valence-corrected chi connectivity index (χ1v) is 10.8. The molecule has 1 aromatic carbocycles. The third-order valence-corrected chi connectivity index (χ3v) is 6.21. The molecule has 1 aliphatic heterocycles. The van der Waals surface area contributed by atoms with Crippen molar-refractivity contribution < 1.29 is 4.74 Å². The van der Waals surface area contributed by atoms with Gasteiger partial charge in [-0.25, -0.2) is 0 Å². The van der Waals surface area contributed by atoms with Gasteiger partial charge < -0.3 is 15.5 Å². The summed E-state index contributed by atoms with van der Waals surface area (Å²) in [5.74, 6) is 0. The van der Waals surface area contributed by atoms with Crippen molar-refractivity contribution in [3.05, 3.63) is 54.4 Å². The monoisotopic (exact) mass is 418 g/mol. The van der Waals surface area contributed by atoms with Gasteiger partial charge >= 0.3 is 0 Å². The Morgan fingerprint density at radius 3 is 2.87 bits per heavy atom. The van der Waals surface area contributed by atoms with Gasteiger partial charge in [-0.05, 0) is 67.9 Å². The Labute approximate surface area is 178 Å². The Morgan fingerprint density at radius 2 is 2.03 bits per heavy atom. The van der Waals surface area contributed by atoms with E-state index in [0.29, 0.717) is 11.8 Å². The van der Waals surface area contributed by atoms with Crippen molar-refractivity contribution in [3.8, 4) is 0 Å². The van der Waals surface area contributed by atoms with Crippen molar-refractivity contribution in [2.45, 2.75) is 35.9 Å². The highest BCUT2D eigenvalue weighted by Crippen LogP contribution is 2.30. The topological polar surface area (TPSA) is 88.2 Å². The van der Waals surface area contributed by atoms with Crippen LogP contribution in [0.2, 0.25) is 0 Å². The van der Waals surface area contributed by atoms with Crippen molar-refractivity contribution in [1.82, 2.24) is 19.6 Å². The van der Waals surface area contributed by atoms with Gasteiger partial charge in [0.1, 0.15) is 0 Å². The molecule has 8 heteroatoms. The summed E-state index contributed by atoms with van der Waals surface area (Å²) in [7, 11) is 0. The normalized spacial score (nSPS) is 15.0. The fourth-order valence-corrected chi connectivity index (χ4v) is 4.46. The molecule has 30 heavy (non-hydrogen) atoms. The van der Waals surface area contributed by atoms with Gasteiger partial charge in [-0.15, -0.1) is 10.2 Å². The molecule has 4 heterocycles. The van der Waals surface area contributed by atoms with Crippen LogP contribution in [0.15, 0.2) is 58.8 Å². The summed E-state index contributed by atoms with van der Waals surface area (Å²) < 4.78 is 7.38. The number of anilines is 1. The van der Waals surface area contributed by atoms with Gasteiger partial charge in [0.15, 0.2) is 10.8 Å². The maximum Gasteiger partial charge on any atom is 0.200 e. The quantitative estimate of drug-likeness (QED) is 0.467. The molecule has 1 fully saturated rings. The minimum absolute atomic E-state index is 0.435. The fourth-order valence-electron chi connectivity index (χ4n) is 3.60. The molecule has 1 aliphatic rings. The van der Waals surface area contributed by atoms with Crippen molar-refractivity contribution in [3.63, 3.8) is 0 Å². The van der Waals surface area contributed by atoms with Gasteiger partial charge in [0.25, 0.3) is 0 Å². The number of rotatable bonds is 5. The number of pyridine rings is 2. The predicted octanol–water partition coefficient (Wildman–Crippen LogP) is 4.41. The third-order valence-electron chi connectivity index (χ3n) is 5.26. The average Bonchev–Trinajstić information content (AvgIpc) is 3.16. The highest BCUT2D eigenvalue weighted by Gasteiger charge is 2.14. The summed E-state index contributed by atoms with van der Waals surface area (Å²) in [5.41, 5.74) is 4.15. The summed E-state index contributed by atoms with van der Waals surface area (Å²) in [6, 6.07) is 12.6. The number of hydrogen-bond donors (Lipinski definition) is 2. The van der Waals surface area contributed by atoms with E-state index in [2.05, 4.69) is 38.7 Å². The molecule has 0 unspecified atom stereocenters. The SMILES string of the molecule is CC(=N)c1ccc2nnc(Sc3ccc4ncc(NC5CCOCC5)cc4c3)n2c1. The van der Waals surface area contributed by atoms with Gasteiger partial charge in [0.05, 0.1) is 17.4 Å². The summed E-state index contributed by atoms with van der Waals surface area (Å²) in [6.45, 7) is 3.40. The van der Waals surface area contributed by atoms with E-state index in [1.807, 2.05) is 35.0 Å². The number of nitrogens with zero attached hydrogens (tertiary/aromatic N) is 4. The lowest BCUT2D eigenvalue weighted by Gasteiger charge is -2.24. The van der Waals surface area contributed by atoms with Crippen LogP contribution < -0.4 is 5.32 Å². The smallest absolute Gasteiger partial charge is 0.200 e. The second-order valence-electron chi connectivity index (χ2n) is 7.47. The molecule has 0 atom stereocenters. The van der Waals surface area contributed by atoms with Crippen LogP contribution in [0.4, 0.5) is 5.69 Å². The number of aromatic nitrogens is 4. The molecule has 7 nitrogen and oxygen atoms in total. The van der Waals surface area contributed by atoms with Crippen molar-refractivity contribution >= 4 is 39.7 Å². The van der Waals surface area contributed by atoms with Crippen LogP contribution in [0.1, 0.15) is 25.3 Å². The maximum atomic E-state index is 7.88. The average molecular weight is 419 g/mol. The Bertz CT molecular complexity index is 1230. The van der Waals surface area contributed by atoms with Crippen molar-refractivity contribution in [2.24, 2.45) is 0 Å². The molecule has 0 spiro atoms. The van der Waals surface area contributed by atoms with E-state index in [4.69, 9.17) is 10.1 Å². The first-order chi connectivity index (χ1) is 14.7. The largest absolute Gasteiger partial charge is 0.381 e. The molecule has 0 radical (unpaired) electrons. The van der Waals surface area contributed by atoms with Gasteiger partial charge in [0.2, 0.25) is 0 Å². The van der Waals surface area contributed by atoms with Crippen LogP contribution in [0.25, 0.3) is 16.6 Å². The molecule has 2 N–H and O–H groups in total. The lowest BCUT2D eigenvalue weighted by Crippen LogP contribution is -2.27. The van der Waals surface area contributed by atoms with Crippen molar-refractivity contribution in [1.29, 1.82) is 5.41 Å². The van der Waals surface area contributed by atoms with E-state index in [-0.39, 0.29) is 0 Å². The van der Waals surface area contributed by atoms with E-state index in [1.54, 1.807) is 18.7 Å². The minimum Gasteiger partial charge on any atom is -0.381 e. The summed E-state index contributed by atoms with van der Waals surface area (Å²) >= 11 is 1.55. The number of ether oxygens (including phenoxy) is 1. The molecule has 5 rings (SSSR count). The third kappa shape index (κ3) is 3.88. The molecule has 0 amide bonds. The van der Waals surface area contributed by atoms with Gasteiger partial charge in [0, 0.05) is 47.0 Å². The van der Waals surface area contributed by atoms with Gasteiger partial charge in [-0.3, -0.25) is 9.38 Å². The number of hydrogen-bond acceptors (Lipinski definition) is 7. The molecular weight excluding hydrogens is 396 g/mol. The highest BCUT2D eigenvalue weighted by molar-refractivity contribution is 7.99. The Morgan fingerprint density at radius 1 is 1.17 bits per heavy atom. The number of fused-ring (bicyclic) bond motifs is 2. The second-order valence-corrected chi connectivity index (χ2v) is 8.51. The fraction of sp³-hybridized carbons (Fsp3) is 0.273. The van der Waals surface area contributed by atoms with Crippen LogP contribution in [-0.4, -0.2) is 44.5 Å². The van der Waals surface area contributed by atoms with Crippen LogP contribution in [0.5, 0.6) is 0 Å². The minimum atomic E-state index is 0.435. The standard InChI is InChI=1S/C22H22N6OS/c1-14(23)15-2-5-21-26-27-22(28(21)13-15)30-19-3-4-20-16(11-19)10-18(12-24-20)25-17-6-8-29-9-7-17/h2-5,10-13,17,23,25H,6-9H2,1H3. The molecule has 1 saturated heterocycles. The first kappa shape index (κ1) is 19.0. The number of benzene rings is 1. The van der Waals surface area contributed by atoms with Crippen LogP contribution in [0.3, 0.4) is 0 Å². The van der Waals surface area contributed by atoms with Gasteiger partial charge in [-0.2, -0.15) is 0 Å². The van der Waals surface area contributed by atoms with Crippen LogP contribution in [-0.2, 0) is 4.74 Å². The Kier molecular flexibility index (Phi) is 5.10. The Balaban J connectivity index is 1.42. The summed E-state index contributed by atoms with van der Waals surface area (Å²) in [4.78, 5) is 5.67. The Hall–Kier alpha value is -2.97. The number of nitrogens with one attached hydrogen (secondary N) is 2. The van der Waals surface area contributed by atoms with Gasteiger partial charge in [-0.1, -0.05) is 0 Å². The van der Waals surface area contributed by atoms with E-state index in [1.165, 1.54) is 0 Å². The molecule has 0 aliphatic carbocycles. The second kappa shape index (κ2) is 8.04. The summed E-state index contributed by atoms with van der Waals surface area (Å²) in [6.07, 6.45) is 5.85.